The minimum absolute atomic E-state index is 0.0401. The van der Waals surface area contributed by atoms with E-state index in [1.54, 1.807) is 6.07 Å². The van der Waals surface area contributed by atoms with Gasteiger partial charge < -0.3 is 15.4 Å². The number of anilines is 2. The van der Waals surface area contributed by atoms with Crippen LogP contribution in [0.2, 0.25) is 5.02 Å². The molecule has 0 saturated carbocycles. The van der Waals surface area contributed by atoms with Crippen molar-refractivity contribution >= 4 is 46.0 Å². The van der Waals surface area contributed by atoms with Crippen LogP contribution < -0.4 is 11.1 Å². The standard InChI is InChI=1S/C25H19ClF2N6O3/c26-16-3-5-18-20(21(16)28)25(37-24(36)32-18)7-1-9-33(12-25)23(35)15-11-31-34(22(15)29)19-6-8-30-17-4-2-13(27)10-14(17)19/h2-6,8,10-11H,1,7,9,12,29H2,(H,32,36)/t25-/m0/s1. The third-order valence-corrected chi connectivity index (χ3v) is 7.05. The Morgan fingerprint density at radius 3 is 2.89 bits per heavy atom. The summed E-state index contributed by atoms with van der Waals surface area (Å²) < 4.78 is 36.1. The van der Waals surface area contributed by atoms with E-state index in [1.807, 2.05) is 0 Å². The Bertz CT molecular complexity index is 1610. The van der Waals surface area contributed by atoms with Gasteiger partial charge in [0.05, 0.1) is 40.2 Å². The lowest BCUT2D eigenvalue weighted by Gasteiger charge is -2.45. The van der Waals surface area contributed by atoms with E-state index in [0.717, 1.165) is 0 Å². The number of likely N-dealkylation sites (tertiary alicyclic amines) is 1. The Morgan fingerprint density at radius 1 is 1.22 bits per heavy atom. The fraction of sp³-hybridized carbons (Fsp3) is 0.200. The van der Waals surface area contributed by atoms with Gasteiger partial charge in [-0.1, -0.05) is 11.6 Å². The number of benzene rings is 2. The fourth-order valence-electron chi connectivity index (χ4n) is 5.12. The quantitative estimate of drug-likeness (QED) is 0.395. The molecule has 4 heterocycles. The summed E-state index contributed by atoms with van der Waals surface area (Å²) in [6.07, 6.45) is 2.86. The number of carbonyl (C=O) groups excluding carboxylic acids is 2. The van der Waals surface area contributed by atoms with Crippen LogP contribution in [0, 0.1) is 11.6 Å². The summed E-state index contributed by atoms with van der Waals surface area (Å²) in [6.45, 7) is 0.231. The summed E-state index contributed by atoms with van der Waals surface area (Å²) in [6, 6.07) is 8.63. The van der Waals surface area contributed by atoms with Crippen molar-refractivity contribution in [1.82, 2.24) is 19.7 Å². The Morgan fingerprint density at radius 2 is 2.05 bits per heavy atom. The van der Waals surface area contributed by atoms with Crippen molar-refractivity contribution in [3.05, 3.63) is 76.6 Å². The Kier molecular flexibility index (Phi) is 5.27. The monoisotopic (exact) mass is 524 g/mol. The van der Waals surface area contributed by atoms with Crippen LogP contribution in [0.5, 0.6) is 0 Å². The molecule has 3 N–H and O–H groups in total. The molecule has 1 atom stereocenters. The van der Waals surface area contributed by atoms with Crippen molar-refractivity contribution < 1.29 is 23.1 Å². The number of nitrogens with one attached hydrogen (secondary N) is 1. The van der Waals surface area contributed by atoms with Gasteiger partial charge in [0, 0.05) is 18.1 Å². The van der Waals surface area contributed by atoms with Gasteiger partial charge in [-0.05, 0) is 49.2 Å². The highest BCUT2D eigenvalue weighted by molar-refractivity contribution is 6.31. The van der Waals surface area contributed by atoms with Crippen molar-refractivity contribution in [3.8, 4) is 5.69 Å². The first-order chi connectivity index (χ1) is 17.8. The SMILES string of the molecule is Nc1c(C(=O)N2CCC[C@@]3(C2)OC(=O)Nc2ccc(Cl)c(F)c23)cnn1-c1ccnc2ccc(F)cc12. The van der Waals surface area contributed by atoms with Gasteiger partial charge in [-0.25, -0.2) is 18.3 Å². The average Bonchev–Trinajstić information content (AvgIpc) is 3.26. The molecule has 0 bridgehead atoms. The number of carbonyl (C=O) groups is 2. The number of hydrogen-bond acceptors (Lipinski definition) is 6. The van der Waals surface area contributed by atoms with Crippen LogP contribution in [0.15, 0.2) is 48.8 Å². The largest absolute Gasteiger partial charge is 0.436 e. The zero-order valence-electron chi connectivity index (χ0n) is 19.2. The molecule has 0 radical (unpaired) electrons. The van der Waals surface area contributed by atoms with Crippen LogP contribution in [0.3, 0.4) is 0 Å². The molecule has 188 valence electrons. The lowest BCUT2D eigenvalue weighted by atomic mass is 9.83. The van der Waals surface area contributed by atoms with Gasteiger partial charge in [0.1, 0.15) is 17.2 Å². The van der Waals surface area contributed by atoms with Gasteiger partial charge in [-0.15, -0.1) is 0 Å². The number of ether oxygens (including phenoxy) is 1. The second kappa shape index (κ2) is 8.41. The lowest BCUT2D eigenvalue weighted by molar-refractivity contribution is -0.0418. The van der Waals surface area contributed by atoms with Crippen LogP contribution in [0.1, 0.15) is 28.8 Å². The van der Waals surface area contributed by atoms with Gasteiger partial charge in [0.2, 0.25) is 0 Å². The molecule has 2 aromatic heterocycles. The predicted molar refractivity (Wildman–Crippen MR) is 132 cm³/mol. The van der Waals surface area contributed by atoms with Crippen LogP contribution in [-0.4, -0.2) is 44.8 Å². The van der Waals surface area contributed by atoms with Crippen molar-refractivity contribution in [2.45, 2.75) is 18.4 Å². The molecule has 1 saturated heterocycles. The fourth-order valence-corrected chi connectivity index (χ4v) is 5.28. The second-order valence-electron chi connectivity index (χ2n) is 8.97. The van der Waals surface area contributed by atoms with E-state index in [4.69, 9.17) is 22.1 Å². The van der Waals surface area contributed by atoms with E-state index < -0.39 is 29.2 Å². The highest BCUT2D eigenvalue weighted by atomic mass is 35.5. The normalized spacial score (nSPS) is 19.0. The smallest absolute Gasteiger partial charge is 0.412 e. The number of hydrogen-bond donors (Lipinski definition) is 2. The number of nitrogens with two attached hydrogens (primary N) is 1. The molecule has 12 heteroatoms. The molecule has 4 aromatic rings. The van der Waals surface area contributed by atoms with Crippen molar-refractivity contribution in [3.63, 3.8) is 0 Å². The molecule has 0 aliphatic carbocycles. The van der Waals surface area contributed by atoms with Crippen molar-refractivity contribution in [2.75, 3.05) is 24.1 Å². The maximum Gasteiger partial charge on any atom is 0.412 e. The first-order valence-electron chi connectivity index (χ1n) is 11.4. The van der Waals surface area contributed by atoms with E-state index in [2.05, 4.69) is 15.4 Å². The molecule has 9 nitrogen and oxygen atoms in total. The molecule has 1 fully saturated rings. The van der Waals surface area contributed by atoms with E-state index in [1.165, 1.54) is 52.3 Å². The Labute approximate surface area is 213 Å². The number of pyridine rings is 1. The van der Waals surface area contributed by atoms with E-state index >= 15 is 4.39 Å². The van der Waals surface area contributed by atoms with E-state index in [-0.39, 0.29) is 34.2 Å². The number of piperidine rings is 1. The molecule has 2 aromatic carbocycles. The first-order valence-corrected chi connectivity index (χ1v) is 11.8. The third kappa shape index (κ3) is 3.65. The number of nitrogens with zero attached hydrogens (tertiary/aromatic N) is 4. The summed E-state index contributed by atoms with van der Waals surface area (Å²) >= 11 is 6.03. The van der Waals surface area contributed by atoms with Crippen molar-refractivity contribution in [2.24, 2.45) is 0 Å². The zero-order chi connectivity index (χ0) is 25.9. The number of aromatic nitrogens is 3. The van der Waals surface area contributed by atoms with Gasteiger partial charge in [-0.3, -0.25) is 15.1 Å². The van der Waals surface area contributed by atoms with Gasteiger partial charge >= 0.3 is 6.09 Å². The van der Waals surface area contributed by atoms with E-state index in [9.17, 15) is 14.0 Å². The number of rotatable bonds is 2. The Balaban J connectivity index is 1.37. The number of amides is 2. The molecule has 2 aliphatic rings. The molecule has 2 amide bonds. The molecule has 1 spiro atoms. The van der Waals surface area contributed by atoms with Crippen LogP contribution >= 0.6 is 11.6 Å². The zero-order valence-corrected chi connectivity index (χ0v) is 19.9. The predicted octanol–water partition coefficient (Wildman–Crippen LogP) is 4.63. The highest BCUT2D eigenvalue weighted by Gasteiger charge is 2.48. The van der Waals surface area contributed by atoms with Crippen LogP contribution in [0.25, 0.3) is 16.6 Å². The summed E-state index contributed by atoms with van der Waals surface area (Å²) in [4.78, 5) is 31.6. The third-order valence-electron chi connectivity index (χ3n) is 6.76. The number of halogens is 3. The molecule has 37 heavy (non-hydrogen) atoms. The number of nitrogen functional groups attached to an aromatic ring is 1. The molecule has 2 aliphatic heterocycles. The summed E-state index contributed by atoms with van der Waals surface area (Å²) in [7, 11) is 0. The maximum absolute atomic E-state index is 15.2. The molecular weight excluding hydrogens is 506 g/mol. The van der Waals surface area contributed by atoms with E-state index in [0.29, 0.717) is 36.0 Å². The first kappa shape index (κ1) is 23.2. The molecule has 6 rings (SSSR count). The Hall–Kier alpha value is -4.25. The highest BCUT2D eigenvalue weighted by Crippen LogP contribution is 2.45. The van der Waals surface area contributed by atoms with Crippen LogP contribution in [0.4, 0.5) is 25.1 Å². The topological polar surface area (TPSA) is 115 Å². The van der Waals surface area contributed by atoms with Crippen molar-refractivity contribution in [1.29, 1.82) is 0 Å². The van der Waals surface area contributed by atoms with Crippen LogP contribution in [-0.2, 0) is 10.3 Å². The average molecular weight is 525 g/mol. The lowest BCUT2D eigenvalue weighted by Crippen LogP contribution is -2.53. The summed E-state index contributed by atoms with van der Waals surface area (Å²) in [5.41, 5.74) is 6.38. The van der Waals surface area contributed by atoms with Gasteiger partial charge in [0.25, 0.3) is 5.91 Å². The number of fused-ring (bicyclic) bond motifs is 3. The van der Waals surface area contributed by atoms with Gasteiger partial charge in [0.15, 0.2) is 11.4 Å². The maximum atomic E-state index is 15.2. The van der Waals surface area contributed by atoms with Gasteiger partial charge in [-0.2, -0.15) is 5.10 Å². The minimum atomic E-state index is -1.41. The summed E-state index contributed by atoms with van der Waals surface area (Å²) in [5, 5.41) is 7.13. The molecular formula is C25H19ClF2N6O3. The second-order valence-corrected chi connectivity index (χ2v) is 9.38. The summed E-state index contributed by atoms with van der Waals surface area (Å²) in [5.74, 6) is -1.59. The minimum Gasteiger partial charge on any atom is -0.436 e. The molecule has 0 unspecified atom stereocenters.